The maximum atomic E-state index is 4.25. The van der Waals surface area contributed by atoms with Gasteiger partial charge >= 0.3 is 0 Å². The molecular formula is C40H57Br2N3S2. The van der Waals surface area contributed by atoms with Crippen molar-refractivity contribution in [2.24, 2.45) is 0 Å². The van der Waals surface area contributed by atoms with E-state index < -0.39 is 0 Å². The molecule has 0 unspecified atom stereocenters. The number of nitrogens with zero attached hydrogens (tertiary/aromatic N) is 2. The molecule has 1 N–H and O–H groups in total. The van der Waals surface area contributed by atoms with Gasteiger partial charge in [-0.2, -0.15) is 0 Å². The number of nitrogens with one attached hydrogen (secondary N) is 1. The molecule has 2 aliphatic heterocycles. The first kappa shape index (κ1) is 43.3. The van der Waals surface area contributed by atoms with Gasteiger partial charge in [0.05, 0.1) is 5.69 Å². The van der Waals surface area contributed by atoms with Crippen LogP contribution in [0.2, 0.25) is 0 Å². The molecule has 6 rings (SSSR count). The standard InChI is InChI=1S/C19H23NS.C8H10S.C6H4Br2.C5H12N2.2CH4/c1-15-10-11-18(16(2)14-15)21-19-9-5-4-8-17(19)20-12-6-3-7-13-20;1-6-3-4-8(9)7(2)5-6;7-5-3-1-2-4-6(5)8;1-7-4-2-6-3-5-7;;/h4-5,8-11,14H,3,6-7,12-13H2,1-2H3;3-5,9H,1-2H3;1-4H;6H,2-5H2,1H3;2*1H4. The molecule has 2 fully saturated rings. The van der Waals surface area contributed by atoms with Gasteiger partial charge in [-0.3, -0.25) is 0 Å². The minimum Gasteiger partial charge on any atom is -0.371 e. The third kappa shape index (κ3) is 16.0. The lowest BCUT2D eigenvalue weighted by atomic mass is 10.1. The number of hydrogen-bond donors (Lipinski definition) is 2. The van der Waals surface area contributed by atoms with Gasteiger partial charge in [0.2, 0.25) is 0 Å². The first-order valence-corrected chi connectivity index (χ1v) is 18.6. The van der Waals surface area contributed by atoms with E-state index in [2.05, 4.69) is 149 Å². The molecule has 2 saturated heterocycles. The Morgan fingerprint density at radius 3 is 1.66 bits per heavy atom. The molecule has 4 aromatic carbocycles. The van der Waals surface area contributed by atoms with Crippen molar-refractivity contribution in [2.45, 2.75) is 76.5 Å². The van der Waals surface area contributed by atoms with Crippen LogP contribution < -0.4 is 10.2 Å². The lowest BCUT2D eigenvalue weighted by molar-refractivity contribution is 0.291. The van der Waals surface area contributed by atoms with Crippen LogP contribution in [0.25, 0.3) is 0 Å². The van der Waals surface area contributed by atoms with Gasteiger partial charge in [0.25, 0.3) is 0 Å². The van der Waals surface area contributed by atoms with Crippen molar-refractivity contribution < 1.29 is 0 Å². The van der Waals surface area contributed by atoms with E-state index >= 15 is 0 Å². The number of piperidine rings is 1. The Balaban J connectivity index is 0.000000353. The summed E-state index contributed by atoms with van der Waals surface area (Å²) in [5, 5.41) is 3.27. The number of benzene rings is 4. The average molecular weight is 804 g/mol. The second-order valence-electron chi connectivity index (χ2n) is 11.6. The number of aryl methyl sites for hydroxylation is 4. The van der Waals surface area contributed by atoms with Gasteiger partial charge in [-0.25, -0.2) is 0 Å². The van der Waals surface area contributed by atoms with Crippen LogP contribution in [-0.2, 0) is 0 Å². The Bertz CT molecular complexity index is 1430. The first-order chi connectivity index (χ1) is 21.6. The number of thiol groups is 1. The van der Waals surface area contributed by atoms with E-state index in [4.69, 9.17) is 0 Å². The highest BCUT2D eigenvalue weighted by molar-refractivity contribution is 9.13. The number of para-hydroxylation sites is 1. The van der Waals surface area contributed by atoms with Crippen LogP contribution in [0, 0.1) is 27.7 Å². The number of hydrogen-bond acceptors (Lipinski definition) is 5. The predicted molar refractivity (Wildman–Crippen MR) is 221 cm³/mol. The normalized spacial score (nSPS) is 14.0. The van der Waals surface area contributed by atoms with Gasteiger partial charge in [0.1, 0.15) is 0 Å². The lowest BCUT2D eigenvalue weighted by Gasteiger charge is -2.30. The molecule has 0 aliphatic carbocycles. The number of piperazine rings is 1. The minimum atomic E-state index is 0. The Kier molecular flexibility index (Phi) is 21.7. The van der Waals surface area contributed by atoms with Crippen molar-refractivity contribution in [2.75, 3.05) is 51.2 Å². The third-order valence-electron chi connectivity index (χ3n) is 7.63. The second-order valence-corrected chi connectivity index (χ2v) is 14.9. The highest BCUT2D eigenvalue weighted by Crippen LogP contribution is 2.37. The summed E-state index contributed by atoms with van der Waals surface area (Å²) in [5.74, 6) is 0. The Morgan fingerprint density at radius 1 is 0.638 bits per heavy atom. The van der Waals surface area contributed by atoms with E-state index in [9.17, 15) is 0 Å². The van der Waals surface area contributed by atoms with Crippen LogP contribution in [0.15, 0.2) is 109 Å². The Morgan fingerprint density at radius 2 is 1.17 bits per heavy atom. The van der Waals surface area contributed by atoms with E-state index in [1.165, 1.54) is 83.2 Å². The molecule has 4 aromatic rings. The number of rotatable bonds is 3. The molecule has 2 heterocycles. The summed E-state index contributed by atoms with van der Waals surface area (Å²) in [4.78, 5) is 8.70. The molecule has 3 nitrogen and oxygen atoms in total. The van der Waals surface area contributed by atoms with Crippen molar-refractivity contribution in [1.29, 1.82) is 0 Å². The Hall–Kier alpha value is -1.74. The third-order valence-corrected chi connectivity index (χ3v) is 11.3. The smallest absolute Gasteiger partial charge is 0.0508 e. The fraction of sp³-hybridized carbons (Fsp3) is 0.400. The zero-order valence-corrected chi connectivity index (χ0v) is 32.3. The molecule has 47 heavy (non-hydrogen) atoms. The zero-order valence-electron chi connectivity index (χ0n) is 27.5. The zero-order chi connectivity index (χ0) is 32.6. The molecule has 0 radical (unpaired) electrons. The summed E-state index contributed by atoms with van der Waals surface area (Å²) in [6.07, 6.45) is 4.02. The van der Waals surface area contributed by atoms with Gasteiger partial charge < -0.3 is 15.1 Å². The quantitative estimate of drug-likeness (QED) is 0.201. The molecule has 0 aromatic heterocycles. The molecule has 0 bridgehead atoms. The molecule has 0 spiro atoms. The number of anilines is 1. The average Bonchev–Trinajstić information content (AvgIpc) is 3.04. The Labute approximate surface area is 314 Å². The molecular weight excluding hydrogens is 746 g/mol. The number of halogens is 2. The maximum absolute atomic E-state index is 4.25. The minimum absolute atomic E-state index is 0. The molecule has 0 saturated carbocycles. The monoisotopic (exact) mass is 801 g/mol. The summed E-state index contributed by atoms with van der Waals surface area (Å²) in [6.45, 7) is 15.7. The van der Waals surface area contributed by atoms with Crippen LogP contribution in [0.5, 0.6) is 0 Å². The molecule has 7 heteroatoms. The summed E-state index contributed by atoms with van der Waals surface area (Å²) < 4.78 is 2.19. The fourth-order valence-electron chi connectivity index (χ4n) is 4.99. The molecule has 0 atom stereocenters. The first-order valence-electron chi connectivity index (χ1n) is 15.8. The van der Waals surface area contributed by atoms with Crippen LogP contribution >= 0.6 is 56.3 Å². The van der Waals surface area contributed by atoms with Crippen LogP contribution in [0.3, 0.4) is 0 Å². The lowest BCUT2D eigenvalue weighted by Crippen LogP contribution is -2.40. The van der Waals surface area contributed by atoms with Crippen molar-refractivity contribution >= 4 is 61.9 Å². The van der Waals surface area contributed by atoms with Crippen molar-refractivity contribution in [1.82, 2.24) is 10.2 Å². The van der Waals surface area contributed by atoms with Crippen LogP contribution in [0.4, 0.5) is 5.69 Å². The topological polar surface area (TPSA) is 18.5 Å². The fourth-order valence-corrected chi connectivity index (χ4v) is 6.74. The van der Waals surface area contributed by atoms with Gasteiger partial charge in [0.15, 0.2) is 0 Å². The van der Waals surface area contributed by atoms with Crippen molar-refractivity contribution in [3.8, 4) is 0 Å². The highest BCUT2D eigenvalue weighted by atomic mass is 79.9. The van der Waals surface area contributed by atoms with E-state index in [1.54, 1.807) is 0 Å². The summed E-state index contributed by atoms with van der Waals surface area (Å²) in [6, 6.07) is 29.7. The highest BCUT2D eigenvalue weighted by Gasteiger charge is 2.15. The largest absolute Gasteiger partial charge is 0.371 e. The van der Waals surface area contributed by atoms with Gasteiger partial charge in [-0.1, -0.05) is 86.3 Å². The second kappa shape index (κ2) is 23.6. The maximum Gasteiger partial charge on any atom is 0.0508 e. The summed E-state index contributed by atoms with van der Waals surface area (Å²) in [7, 11) is 2.15. The van der Waals surface area contributed by atoms with Crippen molar-refractivity contribution in [3.05, 3.63) is 116 Å². The predicted octanol–water partition coefficient (Wildman–Crippen LogP) is 12.0. The SMILES string of the molecule is Brc1ccccc1Br.C.C.CN1CCNCC1.Cc1ccc(S)c(C)c1.Cc1ccc(Sc2ccccc2N2CCCCC2)c(C)c1. The van der Waals surface area contributed by atoms with E-state index in [0.717, 1.165) is 26.9 Å². The van der Waals surface area contributed by atoms with Gasteiger partial charge in [0, 0.05) is 62.9 Å². The number of likely N-dealkylation sites (N-methyl/N-ethyl adjacent to an activating group) is 1. The summed E-state index contributed by atoms with van der Waals surface area (Å²) in [5.41, 5.74) is 6.65. The summed E-state index contributed by atoms with van der Waals surface area (Å²) >= 11 is 12.8. The van der Waals surface area contributed by atoms with E-state index in [-0.39, 0.29) is 14.9 Å². The van der Waals surface area contributed by atoms with Gasteiger partial charge in [-0.05, 0) is 133 Å². The van der Waals surface area contributed by atoms with Crippen LogP contribution in [0.1, 0.15) is 56.4 Å². The van der Waals surface area contributed by atoms with Crippen LogP contribution in [-0.4, -0.2) is 51.2 Å². The van der Waals surface area contributed by atoms with E-state index in [1.807, 2.05) is 42.1 Å². The van der Waals surface area contributed by atoms with E-state index in [0.29, 0.717) is 0 Å². The molecule has 2 aliphatic rings. The molecule has 258 valence electrons. The van der Waals surface area contributed by atoms with Crippen molar-refractivity contribution in [3.63, 3.8) is 0 Å². The van der Waals surface area contributed by atoms with Gasteiger partial charge in [-0.15, -0.1) is 12.6 Å². The molecule has 0 amide bonds.